The van der Waals surface area contributed by atoms with Crippen LogP contribution in [0.2, 0.25) is 5.02 Å². The molecule has 0 saturated carbocycles. The summed E-state index contributed by atoms with van der Waals surface area (Å²) in [6.45, 7) is 7.20. The third-order valence-corrected chi connectivity index (χ3v) is 6.91. The Labute approximate surface area is 219 Å². The zero-order valence-electron chi connectivity index (χ0n) is 21.7. The summed E-state index contributed by atoms with van der Waals surface area (Å²) in [5, 5.41) is 3.16. The van der Waals surface area contributed by atoms with Crippen molar-refractivity contribution in [1.82, 2.24) is 10.2 Å². The minimum Gasteiger partial charge on any atom is -0.495 e. The Balaban J connectivity index is 2.41. The average molecular weight is 538 g/mol. The van der Waals surface area contributed by atoms with E-state index in [2.05, 4.69) is 5.32 Å². The Kier molecular flexibility index (Phi) is 10.2. The maximum absolute atomic E-state index is 13.7. The first kappa shape index (κ1) is 29.5. The lowest BCUT2D eigenvalue weighted by atomic mass is 10.1. The quantitative estimate of drug-likeness (QED) is 0.469. The van der Waals surface area contributed by atoms with E-state index in [1.807, 2.05) is 58.0 Å². The minimum atomic E-state index is -3.85. The molecule has 0 fully saturated rings. The Morgan fingerprint density at radius 3 is 2.25 bits per heavy atom. The van der Waals surface area contributed by atoms with Crippen molar-refractivity contribution in [3.8, 4) is 5.75 Å². The van der Waals surface area contributed by atoms with E-state index in [9.17, 15) is 18.0 Å². The van der Waals surface area contributed by atoms with Crippen molar-refractivity contribution in [2.75, 3.05) is 30.8 Å². The smallest absolute Gasteiger partial charge is 0.244 e. The van der Waals surface area contributed by atoms with Gasteiger partial charge in [-0.05, 0) is 57.4 Å². The Morgan fingerprint density at radius 2 is 1.75 bits per heavy atom. The zero-order valence-corrected chi connectivity index (χ0v) is 23.3. The van der Waals surface area contributed by atoms with Crippen LogP contribution in [0.5, 0.6) is 5.75 Å². The molecule has 1 N–H and O–H groups in total. The second kappa shape index (κ2) is 12.5. The van der Waals surface area contributed by atoms with Crippen LogP contribution in [-0.4, -0.2) is 63.2 Å². The molecule has 0 aliphatic heterocycles. The van der Waals surface area contributed by atoms with E-state index in [1.165, 1.54) is 24.1 Å². The van der Waals surface area contributed by atoms with Crippen molar-refractivity contribution >= 4 is 39.1 Å². The lowest BCUT2D eigenvalue weighted by molar-refractivity contribution is -0.140. The molecule has 0 bridgehead atoms. The molecule has 36 heavy (non-hydrogen) atoms. The number of ether oxygens (including phenoxy) is 1. The average Bonchev–Trinajstić information content (AvgIpc) is 2.78. The fourth-order valence-corrected chi connectivity index (χ4v) is 4.87. The van der Waals surface area contributed by atoms with Gasteiger partial charge in [0, 0.05) is 12.1 Å². The number of sulfonamides is 1. The van der Waals surface area contributed by atoms with Gasteiger partial charge in [-0.2, -0.15) is 0 Å². The van der Waals surface area contributed by atoms with Crippen molar-refractivity contribution in [3.63, 3.8) is 0 Å². The second-order valence-corrected chi connectivity index (χ2v) is 11.9. The van der Waals surface area contributed by atoms with Crippen molar-refractivity contribution in [2.45, 2.75) is 52.1 Å². The summed E-state index contributed by atoms with van der Waals surface area (Å²) >= 11 is 6.22. The van der Waals surface area contributed by atoms with E-state index in [-0.39, 0.29) is 23.2 Å². The van der Waals surface area contributed by atoms with Crippen molar-refractivity contribution in [2.24, 2.45) is 0 Å². The molecule has 0 aliphatic carbocycles. The number of nitrogens with one attached hydrogen (secondary N) is 1. The Bertz CT molecular complexity index is 1150. The summed E-state index contributed by atoms with van der Waals surface area (Å²) in [5.74, 6) is -0.390. The number of hydrogen-bond donors (Lipinski definition) is 1. The van der Waals surface area contributed by atoms with Gasteiger partial charge in [-0.3, -0.25) is 13.9 Å². The highest BCUT2D eigenvalue weighted by molar-refractivity contribution is 7.92. The molecule has 2 rings (SSSR count). The summed E-state index contributed by atoms with van der Waals surface area (Å²) in [6, 6.07) is 13.3. The van der Waals surface area contributed by atoms with Gasteiger partial charge in [-0.15, -0.1) is 0 Å². The van der Waals surface area contributed by atoms with Gasteiger partial charge in [0.2, 0.25) is 21.8 Å². The molecule has 10 heteroatoms. The molecule has 2 aromatic rings. The fourth-order valence-electron chi connectivity index (χ4n) is 3.77. The molecular weight excluding hydrogens is 502 g/mol. The number of methoxy groups -OCH3 is 1. The molecule has 0 aromatic heterocycles. The third-order valence-electron chi connectivity index (χ3n) is 5.47. The number of nitrogens with zero attached hydrogens (tertiary/aromatic N) is 2. The molecule has 0 aliphatic rings. The molecule has 2 amide bonds. The van der Waals surface area contributed by atoms with Crippen LogP contribution in [0.4, 0.5) is 5.69 Å². The summed E-state index contributed by atoms with van der Waals surface area (Å²) in [4.78, 5) is 28.3. The predicted molar refractivity (Wildman–Crippen MR) is 144 cm³/mol. The second-order valence-electron chi connectivity index (χ2n) is 9.57. The third kappa shape index (κ3) is 8.41. The first-order valence-electron chi connectivity index (χ1n) is 11.7. The molecule has 8 nitrogen and oxygen atoms in total. The first-order valence-corrected chi connectivity index (χ1v) is 14.0. The van der Waals surface area contributed by atoms with E-state index in [1.54, 1.807) is 6.07 Å². The number of rotatable bonds is 11. The summed E-state index contributed by atoms with van der Waals surface area (Å²) in [7, 11) is -2.39. The topological polar surface area (TPSA) is 96.0 Å². The van der Waals surface area contributed by atoms with E-state index < -0.39 is 34.1 Å². The van der Waals surface area contributed by atoms with E-state index in [4.69, 9.17) is 16.3 Å². The largest absolute Gasteiger partial charge is 0.495 e. The number of anilines is 1. The molecule has 1 atom stereocenters. The van der Waals surface area contributed by atoms with E-state index >= 15 is 0 Å². The molecule has 0 unspecified atom stereocenters. The van der Waals surface area contributed by atoms with Gasteiger partial charge < -0.3 is 15.0 Å². The van der Waals surface area contributed by atoms with Crippen LogP contribution in [0.15, 0.2) is 48.5 Å². The van der Waals surface area contributed by atoms with Gasteiger partial charge in [-0.1, -0.05) is 48.9 Å². The monoisotopic (exact) mass is 537 g/mol. The Hall–Kier alpha value is -2.78. The summed E-state index contributed by atoms with van der Waals surface area (Å²) in [6.07, 6.45) is 1.91. The number of halogens is 1. The van der Waals surface area contributed by atoms with Gasteiger partial charge in [-0.25, -0.2) is 8.42 Å². The Morgan fingerprint density at radius 1 is 1.11 bits per heavy atom. The maximum atomic E-state index is 13.7. The lowest BCUT2D eigenvalue weighted by Gasteiger charge is -2.34. The van der Waals surface area contributed by atoms with Gasteiger partial charge in [0.05, 0.1) is 24.1 Å². The summed E-state index contributed by atoms with van der Waals surface area (Å²) < 4.78 is 31.5. The van der Waals surface area contributed by atoms with Crippen LogP contribution >= 0.6 is 11.6 Å². The van der Waals surface area contributed by atoms with Crippen molar-refractivity contribution in [3.05, 3.63) is 59.1 Å². The zero-order chi connectivity index (χ0) is 27.1. The van der Waals surface area contributed by atoms with Crippen LogP contribution in [0.1, 0.15) is 39.7 Å². The first-order chi connectivity index (χ1) is 16.8. The van der Waals surface area contributed by atoms with E-state index in [0.717, 1.165) is 16.1 Å². The van der Waals surface area contributed by atoms with Gasteiger partial charge in [0.25, 0.3) is 0 Å². The number of amides is 2. The van der Waals surface area contributed by atoms with Crippen molar-refractivity contribution in [1.29, 1.82) is 0 Å². The molecule has 0 radical (unpaired) electrons. The van der Waals surface area contributed by atoms with Gasteiger partial charge in [0.1, 0.15) is 18.3 Å². The molecular formula is C26H36ClN3O5S. The van der Waals surface area contributed by atoms with Crippen LogP contribution in [0.25, 0.3) is 0 Å². The molecule has 0 saturated heterocycles. The highest BCUT2D eigenvalue weighted by Crippen LogP contribution is 2.30. The lowest BCUT2D eigenvalue weighted by Crippen LogP contribution is -2.56. The highest BCUT2D eigenvalue weighted by Gasteiger charge is 2.32. The maximum Gasteiger partial charge on any atom is 0.244 e. The van der Waals surface area contributed by atoms with Crippen molar-refractivity contribution < 1.29 is 22.7 Å². The molecule has 198 valence electrons. The van der Waals surface area contributed by atoms with Gasteiger partial charge in [0.15, 0.2) is 0 Å². The SMILES string of the molecule is CC[C@@H](C(=O)NC(C)(C)C)N(CCc1ccccc1)C(=O)CN(c1ccc(OC)c(Cl)c1)S(C)(=O)=O. The molecule has 2 aromatic carbocycles. The van der Waals surface area contributed by atoms with Crippen LogP contribution in [0, 0.1) is 0 Å². The van der Waals surface area contributed by atoms with Gasteiger partial charge >= 0.3 is 0 Å². The standard InChI is InChI=1S/C26H36ClN3O5S/c1-7-22(25(32)28-26(2,3)4)29(16-15-19-11-9-8-10-12-19)24(31)18-30(36(6,33)34)20-13-14-23(35-5)21(27)17-20/h8-14,17,22H,7,15-16,18H2,1-6H3,(H,28,32)/t22-/m0/s1. The number of carbonyl (C=O) groups excluding carboxylic acids is 2. The van der Waals surface area contributed by atoms with Crippen LogP contribution in [-0.2, 0) is 26.0 Å². The predicted octanol–water partition coefficient (Wildman–Crippen LogP) is 3.88. The molecule has 0 heterocycles. The van der Waals surface area contributed by atoms with E-state index in [0.29, 0.717) is 18.6 Å². The number of carbonyl (C=O) groups is 2. The number of hydrogen-bond acceptors (Lipinski definition) is 5. The fraction of sp³-hybridized carbons (Fsp3) is 0.462. The highest BCUT2D eigenvalue weighted by atomic mass is 35.5. The van der Waals surface area contributed by atoms with Crippen LogP contribution < -0.4 is 14.4 Å². The summed E-state index contributed by atoms with van der Waals surface area (Å²) in [5.41, 5.74) is 0.743. The van der Waals surface area contributed by atoms with Crippen LogP contribution in [0.3, 0.4) is 0 Å². The minimum absolute atomic E-state index is 0.216. The number of benzene rings is 2. The molecule has 0 spiro atoms. The normalized spacial score (nSPS) is 12.5.